The smallest absolute Gasteiger partial charge is 0.0996 e. The lowest BCUT2D eigenvalue weighted by Crippen LogP contribution is -2.38. The molecule has 1 aliphatic heterocycles. The molecule has 0 aromatic heterocycles. The van der Waals surface area contributed by atoms with Gasteiger partial charge in [0.15, 0.2) is 0 Å². The SMILES string of the molecule is CC=CN(C(C)=NC)C(C)C1CCOC1. The molecule has 1 saturated heterocycles. The van der Waals surface area contributed by atoms with E-state index in [2.05, 4.69) is 29.1 Å². The van der Waals surface area contributed by atoms with Gasteiger partial charge in [-0.2, -0.15) is 0 Å². The van der Waals surface area contributed by atoms with Crippen molar-refractivity contribution in [2.24, 2.45) is 10.9 Å². The number of nitrogens with zero attached hydrogens (tertiary/aromatic N) is 2. The summed E-state index contributed by atoms with van der Waals surface area (Å²) in [5.41, 5.74) is 0. The van der Waals surface area contributed by atoms with Gasteiger partial charge < -0.3 is 9.64 Å². The molecule has 0 N–H and O–H groups in total. The first-order valence-electron chi connectivity index (χ1n) is 5.63. The van der Waals surface area contributed by atoms with Crippen LogP contribution in [0.15, 0.2) is 17.3 Å². The summed E-state index contributed by atoms with van der Waals surface area (Å²) in [4.78, 5) is 6.49. The summed E-state index contributed by atoms with van der Waals surface area (Å²) in [6.45, 7) is 8.11. The average Bonchev–Trinajstić information content (AvgIpc) is 2.77. The van der Waals surface area contributed by atoms with Crippen LogP contribution in [-0.4, -0.2) is 37.0 Å². The van der Waals surface area contributed by atoms with Gasteiger partial charge in [0.1, 0.15) is 0 Å². The maximum atomic E-state index is 5.43. The van der Waals surface area contributed by atoms with Gasteiger partial charge in [0, 0.05) is 31.8 Å². The van der Waals surface area contributed by atoms with Gasteiger partial charge in [-0.1, -0.05) is 6.08 Å². The highest BCUT2D eigenvalue weighted by Crippen LogP contribution is 2.21. The van der Waals surface area contributed by atoms with Crippen LogP contribution in [-0.2, 0) is 4.74 Å². The Morgan fingerprint density at radius 3 is 2.80 bits per heavy atom. The molecule has 0 aliphatic carbocycles. The molecule has 86 valence electrons. The predicted octanol–water partition coefficient (Wildman–Crippen LogP) is 2.30. The van der Waals surface area contributed by atoms with Crippen LogP contribution >= 0.6 is 0 Å². The number of allylic oxidation sites excluding steroid dienone is 1. The van der Waals surface area contributed by atoms with E-state index in [0.717, 1.165) is 25.5 Å². The van der Waals surface area contributed by atoms with Crippen LogP contribution in [0.2, 0.25) is 0 Å². The number of hydrogen-bond acceptors (Lipinski definition) is 2. The van der Waals surface area contributed by atoms with Crippen molar-refractivity contribution in [2.75, 3.05) is 20.3 Å². The summed E-state index contributed by atoms with van der Waals surface area (Å²) in [7, 11) is 1.84. The summed E-state index contributed by atoms with van der Waals surface area (Å²) in [5, 5.41) is 0. The summed E-state index contributed by atoms with van der Waals surface area (Å²) in [6.07, 6.45) is 5.32. The van der Waals surface area contributed by atoms with E-state index < -0.39 is 0 Å². The van der Waals surface area contributed by atoms with E-state index in [4.69, 9.17) is 4.74 Å². The molecule has 1 rings (SSSR count). The van der Waals surface area contributed by atoms with E-state index in [9.17, 15) is 0 Å². The van der Waals surface area contributed by atoms with Crippen molar-refractivity contribution < 1.29 is 4.74 Å². The zero-order valence-corrected chi connectivity index (χ0v) is 10.2. The molecular weight excluding hydrogens is 188 g/mol. The third-order valence-electron chi connectivity index (χ3n) is 3.09. The lowest BCUT2D eigenvalue weighted by Gasteiger charge is -2.31. The number of aliphatic imine (C=N–C) groups is 1. The van der Waals surface area contributed by atoms with Crippen LogP contribution in [0.3, 0.4) is 0 Å². The monoisotopic (exact) mass is 210 g/mol. The fourth-order valence-electron chi connectivity index (χ4n) is 1.97. The minimum atomic E-state index is 0.465. The Morgan fingerprint density at radius 1 is 1.60 bits per heavy atom. The summed E-state index contributed by atoms with van der Waals surface area (Å²) >= 11 is 0. The van der Waals surface area contributed by atoms with Crippen molar-refractivity contribution in [1.29, 1.82) is 0 Å². The zero-order valence-electron chi connectivity index (χ0n) is 10.2. The molecule has 0 aromatic rings. The molecular formula is C12H22N2O. The fraction of sp³-hybridized carbons (Fsp3) is 0.750. The van der Waals surface area contributed by atoms with Gasteiger partial charge in [-0.05, 0) is 27.2 Å². The molecule has 0 aromatic carbocycles. The first kappa shape index (κ1) is 12.2. The van der Waals surface area contributed by atoms with E-state index in [1.165, 1.54) is 0 Å². The Labute approximate surface area is 92.8 Å². The number of amidine groups is 1. The Kier molecular flexibility index (Phi) is 4.82. The molecule has 0 radical (unpaired) electrons. The van der Waals surface area contributed by atoms with Crippen molar-refractivity contribution in [3.8, 4) is 0 Å². The number of ether oxygens (including phenoxy) is 1. The second kappa shape index (κ2) is 5.91. The molecule has 1 fully saturated rings. The number of rotatable bonds is 3. The van der Waals surface area contributed by atoms with Crippen molar-refractivity contribution in [3.63, 3.8) is 0 Å². The number of hydrogen-bond donors (Lipinski definition) is 0. The Balaban J connectivity index is 2.69. The highest BCUT2D eigenvalue weighted by atomic mass is 16.5. The summed E-state index contributed by atoms with van der Waals surface area (Å²) < 4.78 is 5.43. The third-order valence-corrected chi connectivity index (χ3v) is 3.09. The second-order valence-corrected chi connectivity index (χ2v) is 4.02. The van der Waals surface area contributed by atoms with Gasteiger partial charge in [0.05, 0.1) is 12.4 Å². The second-order valence-electron chi connectivity index (χ2n) is 4.02. The summed E-state index contributed by atoms with van der Waals surface area (Å²) in [5.74, 6) is 1.69. The molecule has 3 heteroatoms. The lowest BCUT2D eigenvalue weighted by molar-refractivity contribution is 0.170. The van der Waals surface area contributed by atoms with Crippen molar-refractivity contribution >= 4 is 5.84 Å². The van der Waals surface area contributed by atoms with Gasteiger partial charge in [-0.25, -0.2) is 0 Å². The van der Waals surface area contributed by atoms with Crippen molar-refractivity contribution in [1.82, 2.24) is 4.90 Å². The van der Waals surface area contributed by atoms with Gasteiger partial charge in [-0.3, -0.25) is 4.99 Å². The largest absolute Gasteiger partial charge is 0.381 e. The molecule has 3 nitrogen and oxygen atoms in total. The maximum Gasteiger partial charge on any atom is 0.0996 e. The van der Waals surface area contributed by atoms with Crippen LogP contribution in [0, 0.1) is 5.92 Å². The minimum Gasteiger partial charge on any atom is -0.381 e. The van der Waals surface area contributed by atoms with Crippen LogP contribution in [0.4, 0.5) is 0 Å². The highest BCUT2D eigenvalue weighted by molar-refractivity contribution is 5.80. The van der Waals surface area contributed by atoms with Crippen LogP contribution in [0.5, 0.6) is 0 Å². The van der Waals surface area contributed by atoms with Crippen LogP contribution in [0.25, 0.3) is 0 Å². The standard InChI is InChI=1S/C12H22N2O/c1-5-7-14(11(3)13-4)10(2)12-6-8-15-9-12/h5,7,10,12H,6,8-9H2,1-4H3. The third kappa shape index (κ3) is 3.06. The van der Waals surface area contributed by atoms with Crippen LogP contribution in [0.1, 0.15) is 27.2 Å². The lowest BCUT2D eigenvalue weighted by atomic mass is 9.99. The molecule has 0 saturated carbocycles. The first-order valence-corrected chi connectivity index (χ1v) is 5.63. The van der Waals surface area contributed by atoms with Crippen molar-refractivity contribution in [2.45, 2.75) is 33.2 Å². The first-order chi connectivity index (χ1) is 7.20. The molecule has 0 bridgehead atoms. The molecule has 1 heterocycles. The molecule has 0 amide bonds. The Hall–Kier alpha value is -0.830. The van der Waals surface area contributed by atoms with E-state index in [1.54, 1.807) is 0 Å². The normalized spacial score (nSPS) is 24.8. The summed E-state index contributed by atoms with van der Waals surface area (Å²) in [6, 6.07) is 0.465. The Bertz CT molecular complexity index is 242. The quantitative estimate of drug-likeness (QED) is 0.527. The molecule has 15 heavy (non-hydrogen) atoms. The van der Waals surface area contributed by atoms with E-state index in [0.29, 0.717) is 12.0 Å². The van der Waals surface area contributed by atoms with E-state index >= 15 is 0 Å². The average molecular weight is 210 g/mol. The fourth-order valence-corrected chi connectivity index (χ4v) is 1.97. The molecule has 1 aliphatic rings. The van der Waals surface area contributed by atoms with E-state index in [1.807, 2.05) is 20.9 Å². The van der Waals surface area contributed by atoms with Gasteiger partial charge >= 0.3 is 0 Å². The zero-order chi connectivity index (χ0) is 11.3. The molecule has 0 spiro atoms. The van der Waals surface area contributed by atoms with Gasteiger partial charge in [0.25, 0.3) is 0 Å². The maximum absolute atomic E-state index is 5.43. The van der Waals surface area contributed by atoms with Gasteiger partial charge in [-0.15, -0.1) is 0 Å². The molecule has 2 unspecified atom stereocenters. The Morgan fingerprint density at radius 2 is 2.33 bits per heavy atom. The topological polar surface area (TPSA) is 24.8 Å². The highest BCUT2D eigenvalue weighted by Gasteiger charge is 2.26. The van der Waals surface area contributed by atoms with Gasteiger partial charge in [0.2, 0.25) is 0 Å². The molecule has 2 atom stereocenters. The predicted molar refractivity (Wildman–Crippen MR) is 64.1 cm³/mol. The van der Waals surface area contributed by atoms with Crippen LogP contribution < -0.4 is 0 Å². The van der Waals surface area contributed by atoms with E-state index in [-0.39, 0.29) is 0 Å². The minimum absolute atomic E-state index is 0.465. The van der Waals surface area contributed by atoms with Crippen molar-refractivity contribution in [3.05, 3.63) is 12.3 Å².